The van der Waals surface area contributed by atoms with Gasteiger partial charge >= 0.3 is 0 Å². The molecule has 0 saturated heterocycles. The summed E-state index contributed by atoms with van der Waals surface area (Å²) in [6, 6.07) is 6.10. The Morgan fingerprint density at radius 2 is 2.08 bits per heavy atom. The first-order valence-corrected chi connectivity index (χ1v) is 5.21. The average molecular weight is 275 g/mol. The molecule has 0 aliphatic rings. The highest BCUT2D eigenvalue weighted by Crippen LogP contribution is 2.18. The third-order valence-corrected chi connectivity index (χ3v) is 2.75. The van der Waals surface area contributed by atoms with Crippen molar-refractivity contribution in [1.82, 2.24) is 0 Å². The van der Waals surface area contributed by atoms with Crippen LogP contribution in [0.1, 0.15) is 19.4 Å². The maximum Gasteiger partial charge on any atom is 0.0317 e. The lowest BCUT2D eigenvalue weighted by Crippen LogP contribution is -1.98. The number of anilines is 1. The number of hydrogen-bond acceptors (Lipinski definition) is 1. The van der Waals surface area contributed by atoms with Crippen molar-refractivity contribution in [1.29, 1.82) is 0 Å². The molecule has 2 N–H and O–H groups in total. The van der Waals surface area contributed by atoms with Gasteiger partial charge in [-0.25, -0.2) is 0 Å². The maximum absolute atomic E-state index is 5.70. The minimum Gasteiger partial charge on any atom is -0.399 e. The Kier molecular flexibility index (Phi) is 3.38. The van der Waals surface area contributed by atoms with Gasteiger partial charge in [0.2, 0.25) is 0 Å². The quantitative estimate of drug-likeness (QED) is 0.651. The Hall–Kier alpha value is -0.250. The molecule has 0 aliphatic heterocycles. The van der Waals surface area contributed by atoms with Crippen molar-refractivity contribution >= 4 is 28.3 Å². The van der Waals surface area contributed by atoms with Crippen LogP contribution in [0.2, 0.25) is 0 Å². The Morgan fingerprint density at radius 1 is 1.42 bits per heavy atom. The van der Waals surface area contributed by atoms with Crippen LogP contribution in [0.3, 0.4) is 0 Å². The minimum atomic E-state index is 0.695. The summed E-state index contributed by atoms with van der Waals surface area (Å²) < 4.78 is 1.32. The molecule has 1 aromatic rings. The SMILES string of the molecule is CC(C)Cc1cc(N)ccc1I. The molecular formula is C10H14IN. The zero-order valence-corrected chi connectivity index (χ0v) is 9.63. The fourth-order valence-electron chi connectivity index (χ4n) is 1.19. The molecule has 0 saturated carbocycles. The van der Waals surface area contributed by atoms with Crippen LogP contribution in [0.5, 0.6) is 0 Å². The summed E-state index contributed by atoms with van der Waals surface area (Å²) >= 11 is 2.35. The van der Waals surface area contributed by atoms with E-state index in [0.29, 0.717) is 5.92 Å². The molecule has 1 nitrogen and oxygen atoms in total. The predicted octanol–water partition coefficient (Wildman–Crippen LogP) is 3.07. The van der Waals surface area contributed by atoms with Gasteiger partial charge in [0.15, 0.2) is 0 Å². The number of hydrogen-bond donors (Lipinski definition) is 1. The predicted molar refractivity (Wildman–Crippen MR) is 62.1 cm³/mol. The number of nitrogens with two attached hydrogens (primary N) is 1. The Bertz CT molecular complexity index is 269. The van der Waals surface area contributed by atoms with Gasteiger partial charge in [0, 0.05) is 9.26 Å². The van der Waals surface area contributed by atoms with Crippen molar-refractivity contribution in [3.8, 4) is 0 Å². The maximum atomic E-state index is 5.70. The lowest BCUT2D eigenvalue weighted by molar-refractivity contribution is 0.645. The second-order valence-corrected chi connectivity index (χ2v) is 4.61. The lowest BCUT2D eigenvalue weighted by Gasteiger charge is -2.07. The molecule has 0 amide bonds. The lowest BCUT2D eigenvalue weighted by atomic mass is 10.0. The molecule has 0 unspecified atom stereocenters. The van der Waals surface area contributed by atoms with E-state index >= 15 is 0 Å². The highest BCUT2D eigenvalue weighted by atomic mass is 127. The molecule has 0 aliphatic carbocycles. The van der Waals surface area contributed by atoms with Gasteiger partial charge in [0.05, 0.1) is 0 Å². The van der Waals surface area contributed by atoms with Crippen LogP contribution in [-0.2, 0) is 6.42 Å². The molecule has 0 spiro atoms. The van der Waals surface area contributed by atoms with Gasteiger partial charge in [-0.3, -0.25) is 0 Å². The Morgan fingerprint density at radius 3 is 2.67 bits per heavy atom. The summed E-state index contributed by atoms with van der Waals surface area (Å²) in [6.07, 6.45) is 1.11. The van der Waals surface area contributed by atoms with E-state index in [1.807, 2.05) is 6.07 Å². The second kappa shape index (κ2) is 4.12. The normalized spacial score (nSPS) is 10.7. The zero-order valence-electron chi connectivity index (χ0n) is 7.47. The molecule has 0 heterocycles. The minimum absolute atomic E-state index is 0.695. The van der Waals surface area contributed by atoms with Gasteiger partial charge in [0.25, 0.3) is 0 Å². The van der Waals surface area contributed by atoms with E-state index in [9.17, 15) is 0 Å². The monoisotopic (exact) mass is 275 g/mol. The van der Waals surface area contributed by atoms with Gasteiger partial charge in [-0.05, 0) is 58.7 Å². The summed E-state index contributed by atoms with van der Waals surface area (Å²) in [5.41, 5.74) is 7.93. The first-order chi connectivity index (χ1) is 5.59. The van der Waals surface area contributed by atoms with Crippen molar-refractivity contribution < 1.29 is 0 Å². The Balaban J connectivity index is 2.90. The molecule has 0 bridgehead atoms. The summed E-state index contributed by atoms with van der Waals surface area (Å²) in [6.45, 7) is 4.44. The van der Waals surface area contributed by atoms with E-state index in [0.717, 1.165) is 12.1 Å². The first kappa shape index (κ1) is 9.84. The molecule has 1 aromatic carbocycles. The molecule has 2 heteroatoms. The van der Waals surface area contributed by atoms with Crippen LogP contribution in [0.15, 0.2) is 18.2 Å². The highest BCUT2D eigenvalue weighted by Gasteiger charge is 2.02. The largest absolute Gasteiger partial charge is 0.399 e. The van der Waals surface area contributed by atoms with Crippen LogP contribution in [0.4, 0.5) is 5.69 Å². The molecule has 0 atom stereocenters. The van der Waals surface area contributed by atoms with Crippen molar-refractivity contribution in [3.63, 3.8) is 0 Å². The third-order valence-electron chi connectivity index (χ3n) is 1.70. The van der Waals surface area contributed by atoms with Gasteiger partial charge < -0.3 is 5.73 Å². The third kappa shape index (κ3) is 2.66. The molecule has 12 heavy (non-hydrogen) atoms. The van der Waals surface area contributed by atoms with E-state index in [1.165, 1.54) is 9.13 Å². The van der Waals surface area contributed by atoms with Crippen molar-refractivity contribution in [2.45, 2.75) is 20.3 Å². The highest BCUT2D eigenvalue weighted by molar-refractivity contribution is 14.1. The number of rotatable bonds is 2. The zero-order chi connectivity index (χ0) is 9.14. The van der Waals surface area contributed by atoms with E-state index in [4.69, 9.17) is 5.73 Å². The van der Waals surface area contributed by atoms with Gasteiger partial charge in [-0.15, -0.1) is 0 Å². The first-order valence-electron chi connectivity index (χ1n) is 4.13. The summed E-state index contributed by atoms with van der Waals surface area (Å²) in [5.74, 6) is 0.695. The number of halogens is 1. The summed E-state index contributed by atoms with van der Waals surface area (Å²) in [7, 11) is 0. The van der Waals surface area contributed by atoms with Crippen LogP contribution < -0.4 is 5.73 Å². The molecular weight excluding hydrogens is 261 g/mol. The fraction of sp³-hybridized carbons (Fsp3) is 0.400. The van der Waals surface area contributed by atoms with Crippen molar-refractivity contribution in [3.05, 3.63) is 27.3 Å². The Labute approximate surface area is 87.5 Å². The van der Waals surface area contributed by atoms with Gasteiger partial charge in [-0.1, -0.05) is 13.8 Å². The summed E-state index contributed by atoms with van der Waals surface area (Å²) in [5, 5.41) is 0. The van der Waals surface area contributed by atoms with Gasteiger partial charge in [-0.2, -0.15) is 0 Å². The molecule has 1 rings (SSSR count). The molecule has 0 fully saturated rings. The van der Waals surface area contributed by atoms with Crippen molar-refractivity contribution in [2.75, 3.05) is 5.73 Å². The van der Waals surface area contributed by atoms with Crippen LogP contribution in [-0.4, -0.2) is 0 Å². The van der Waals surface area contributed by atoms with E-state index in [2.05, 4.69) is 48.6 Å². The fourth-order valence-corrected chi connectivity index (χ4v) is 1.75. The van der Waals surface area contributed by atoms with E-state index < -0.39 is 0 Å². The number of nitrogen functional groups attached to an aromatic ring is 1. The summed E-state index contributed by atoms with van der Waals surface area (Å²) in [4.78, 5) is 0. The second-order valence-electron chi connectivity index (χ2n) is 3.45. The van der Waals surface area contributed by atoms with Crippen LogP contribution in [0, 0.1) is 9.49 Å². The average Bonchev–Trinajstić information content (AvgIpc) is 1.96. The van der Waals surface area contributed by atoms with Crippen LogP contribution >= 0.6 is 22.6 Å². The van der Waals surface area contributed by atoms with Crippen molar-refractivity contribution in [2.24, 2.45) is 5.92 Å². The van der Waals surface area contributed by atoms with Crippen LogP contribution in [0.25, 0.3) is 0 Å². The standard InChI is InChI=1S/C10H14IN/c1-7(2)5-8-6-9(12)3-4-10(8)11/h3-4,6-7H,5,12H2,1-2H3. The molecule has 0 aromatic heterocycles. The topological polar surface area (TPSA) is 26.0 Å². The smallest absolute Gasteiger partial charge is 0.0317 e. The molecule has 0 radical (unpaired) electrons. The van der Waals surface area contributed by atoms with E-state index in [1.54, 1.807) is 0 Å². The number of benzene rings is 1. The van der Waals surface area contributed by atoms with E-state index in [-0.39, 0.29) is 0 Å². The van der Waals surface area contributed by atoms with Gasteiger partial charge in [0.1, 0.15) is 0 Å². The molecule has 66 valence electrons.